The molecule has 1 heterocycles. The fraction of sp³-hybridized carbons (Fsp3) is 0.333. The minimum absolute atomic E-state index is 0.0763. The zero-order chi connectivity index (χ0) is 20.2. The topological polar surface area (TPSA) is 64.4 Å². The molecule has 3 aromatic rings. The number of ether oxygens (including phenoxy) is 1. The Bertz CT molecular complexity index is 961. The summed E-state index contributed by atoms with van der Waals surface area (Å²) in [6.45, 7) is 4.11. The Hall–Kier alpha value is -3.08. The highest BCUT2D eigenvalue weighted by Crippen LogP contribution is 2.42. The molecule has 1 fully saturated rings. The largest absolute Gasteiger partial charge is 0.493 e. The van der Waals surface area contributed by atoms with E-state index in [0.717, 1.165) is 29.8 Å². The fourth-order valence-electron chi connectivity index (χ4n) is 3.80. The van der Waals surface area contributed by atoms with Crippen LogP contribution in [-0.2, 0) is 4.79 Å². The number of nitrogens with one attached hydrogen (secondary N) is 1. The number of amides is 1. The number of carbonyl (C=O) groups is 1. The second kappa shape index (κ2) is 8.52. The first kappa shape index (κ1) is 19.2. The van der Waals surface area contributed by atoms with Gasteiger partial charge in [-0.25, -0.2) is 0 Å². The Kier molecular flexibility index (Phi) is 5.65. The van der Waals surface area contributed by atoms with E-state index in [9.17, 15) is 4.79 Å². The molecule has 1 aliphatic rings. The molecular weight excluding hydrogens is 364 g/mol. The molecule has 1 amide bonds. The molecule has 5 heteroatoms. The number of benzene rings is 2. The van der Waals surface area contributed by atoms with Crippen LogP contribution in [0.3, 0.4) is 0 Å². The Labute approximate surface area is 171 Å². The van der Waals surface area contributed by atoms with Crippen LogP contribution in [-0.4, -0.2) is 17.7 Å². The number of hydrogen-bond donors (Lipinski definition) is 1. The van der Waals surface area contributed by atoms with Crippen LogP contribution in [0.2, 0.25) is 0 Å². The van der Waals surface area contributed by atoms with Gasteiger partial charge in [-0.05, 0) is 48.9 Å². The van der Waals surface area contributed by atoms with E-state index in [0.29, 0.717) is 24.2 Å². The predicted octanol–water partition coefficient (Wildman–Crippen LogP) is 5.11. The maximum atomic E-state index is 11.2. The lowest BCUT2D eigenvalue weighted by Crippen LogP contribution is -2.27. The third-order valence-corrected chi connectivity index (χ3v) is 5.47. The van der Waals surface area contributed by atoms with Crippen LogP contribution < -0.4 is 10.1 Å². The Morgan fingerprint density at radius 3 is 2.66 bits per heavy atom. The van der Waals surface area contributed by atoms with E-state index in [4.69, 9.17) is 9.26 Å². The molecule has 0 bridgehead atoms. The fourth-order valence-corrected chi connectivity index (χ4v) is 3.80. The molecule has 4 rings (SSSR count). The molecule has 0 saturated heterocycles. The summed E-state index contributed by atoms with van der Waals surface area (Å²) in [7, 11) is 0. The van der Waals surface area contributed by atoms with Gasteiger partial charge in [0, 0.05) is 18.9 Å². The van der Waals surface area contributed by atoms with Crippen LogP contribution in [0.25, 0.3) is 11.1 Å². The third-order valence-electron chi connectivity index (χ3n) is 5.47. The van der Waals surface area contributed by atoms with Crippen molar-refractivity contribution < 1.29 is 14.1 Å². The molecule has 0 unspecified atom stereocenters. The van der Waals surface area contributed by atoms with Gasteiger partial charge in [0.05, 0.1) is 18.3 Å². The highest BCUT2D eigenvalue weighted by molar-refractivity contribution is 5.73. The van der Waals surface area contributed by atoms with Crippen molar-refractivity contribution in [2.45, 2.75) is 38.6 Å². The van der Waals surface area contributed by atoms with Crippen molar-refractivity contribution in [1.82, 2.24) is 10.5 Å². The quantitative estimate of drug-likeness (QED) is 0.609. The second-order valence-corrected chi connectivity index (χ2v) is 7.82. The summed E-state index contributed by atoms with van der Waals surface area (Å²) in [6, 6.07) is 20.4. The predicted molar refractivity (Wildman–Crippen MR) is 112 cm³/mol. The van der Waals surface area contributed by atoms with Crippen molar-refractivity contribution in [3.8, 4) is 16.9 Å². The average molecular weight is 390 g/mol. The van der Waals surface area contributed by atoms with Gasteiger partial charge in [-0.2, -0.15) is 0 Å². The van der Waals surface area contributed by atoms with Crippen LogP contribution in [0, 0.1) is 5.92 Å². The van der Waals surface area contributed by atoms with E-state index in [-0.39, 0.29) is 11.9 Å². The van der Waals surface area contributed by atoms with Crippen LogP contribution in [0.15, 0.2) is 65.2 Å². The normalized spacial score (nSPS) is 19.2. The lowest BCUT2D eigenvalue weighted by atomic mass is 9.73. The van der Waals surface area contributed by atoms with E-state index in [1.807, 2.05) is 43.3 Å². The number of rotatable bonds is 7. The Morgan fingerprint density at radius 1 is 1.14 bits per heavy atom. The minimum atomic E-state index is -0.162. The van der Waals surface area contributed by atoms with Crippen LogP contribution in [0.4, 0.5) is 0 Å². The SMILES string of the molecule is CC(=O)N[C@@H](C)c1cc(C2CC(COc3cccc(-c4ccccc4)c3)C2)no1. The van der Waals surface area contributed by atoms with Crippen molar-refractivity contribution in [2.24, 2.45) is 5.92 Å². The maximum Gasteiger partial charge on any atom is 0.217 e. The zero-order valence-corrected chi connectivity index (χ0v) is 16.8. The standard InChI is InChI=1S/C24H26N2O3/c1-16(25-17(2)27)24-14-23(26-29-24)21-11-18(12-21)15-28-22-10-6-9-20(13-22)19-7-4-3-5-8-19/h3-10,13-14,16,18,21H,11-12,15H2,1-2H3,(H,25,27)/t16-,18?,21?/m0/s1. The molecule has 0 aliphatic heterocycles. The molecule has 1 N–H and O–H groups in total. The van der Waals surface area contributed by atoms with Gasteiger partial charge in [0.15, 0.2) is 5.76 Å². The summed E-state index contributed by atoms with van der Waals surface area (Å²) in [6.07, 6.45) is 2.08. The third kappa shape index (κ3) is 4.67. The average Bonchev–Trinajstić information content (AvgIpc) is 3.17. The van der Waals surface area contributed by atoms with Crippen molar-refractivity contribution >= 4 is 5.91 Å². The van der Waals surface area contributed by atoms with Gasteiger partial charge < -0.3 is 14.6 Å². The summed E-state index contributed by atoms with van der Waals surface area (Å²) in [4.78, 5) is 11.2. The molecule has 29 heavy (non-hydrogen) atoms. The van der Waals surface area contributed by atoms with Crippen LogP contribution in [0.5, 0.6) is 5.75 Å². The van der Waals surface area contributed by atoms with E-state index >= 15 is 0 Å². The summed E-state index contributed by atoms with van der Waals surface area (Å²) in [5.41, 5.74) is 3.33. The monoisotopic (exact) mass is 390 g/mol. The van der Waals surface area contributed by atoms with Gasteiger partial charge in [0.2, 0.25) is 5.91 Å². The molecule has 1 saturated carbocycles. The van der Waals surface area contributed by atoms with E-state index < -0.39 is 0 Å². The highest BCUT2D eigenvalue weighted by Gasteiger charge is 2.33. The number of carbonyl (C=O) groups excluding carboxylic acids is 1. The Morgan fingerprint density at radius 2 is 1.90 bits per heavy atom. The Balaban J connectivity index is 1.28. The first-order chi connectivity index (χ1) is 14.1. The second-order valence-electron chi connectivity index (χ2n) is 7.82. The number of hydrogen-bond acceptors (Lipinski definition) is 4. The molecule has 5 nitrogen and oxygen atoms in total. The maximum absolute atomic E-state index is 11.2. The zero-order valence-electron chi connectivity index (χ0n) is 16.8. The van der Waals surface area contributed by atoms with Crippen molar-refractivity contribution in [2.75, 3.05) is 6.61 Å². The summed E-state index contributed by atoms with van der Waals surface area (Å²) in [5, 5.41) is 7.02. The van der Waals surface area contributed by atoms with E-state index in [1.165, 1.54) is 12.5 Å². The molecule has 0 radical (unpaired) electrons. The minimum Gasteiger partial charge on any atom is -0.493 e. The first-order valence-electron chi connectivity index (χ1n) is 10.1. The van der Waals surface area contributed by atoms with Gasteiger partial charge in [0.25, 0.3) is 0 Å². The number of aromatic nitrogens is 1. The molecule has 0 spiro atoms. The molecule has 2 aromatic carbocycles. The van der Waals surface area contributed by atoms with E-state index in [2.05, 4.69) is 34.7 Å². The van der Waals surface area contributed by atoms with E-state index in [1.54, 1.807) is 0 Å². The number of nitrogens with zero attached hydrogens (tertiary/aromatic N) is 1. The smallest absolute Gasteiger partial charge is 0.217 e. The van der Waals surface area contributed by atoms with Gasteiger partial charge in [-0.1, -0.05) is 47.6 Å². The summed E-state index contributed by atoms with van der Waals surface area (Å²) < 4.78 is 11.5. The lowest BCUT2D eigenvalue weighted by molar-refractivity contribution is -0.119. The lowest BCUT2D eigenvalue weighted by Gasteiger charge is -2.33. The van der Waals surface area contributed by atoms with Gasteiger partial charge in [-0.15, -0.1) is 0 Å². The van der Waals surface area contributed by atoms with Gasteiger partial charge >= 0.3 is 0 Å². The van der Waals surface area contributed by atoms with Crippen molar-refractivity contribution in [1.29, 1.82) is 0 Å². The molecule has 1 aromatic heterocycles. The molecule has 1 aliphatic carbocycles. The van der Waals surface area contributed by atoms with Crippen molar-refractivity contribution in [3.63, 3.8) is 0 Å². The molecular formula is C24H26N2O3. The molecule has 1 atom stereocenters. The molecule has 150 valence electrons. The summed E-state index contributed by atoms with van der Waals surface area (Å²) >= 11 is 0. The van der Waals surface area contributed by atoms with Gasteiger partial charge in [0.1, 0.15) is 5.75 Å². The highest BCUT2D eigenvalue weighted by atomic mass is 16.5. The van der Waals surface area contributed by atoms with Gasteiger partial charge in [-0.3, -0.25) is 4.79 Å². The first-order valence-corrected chi connectivity index (χ1v) is 10.1. The van der Waals surface area contributed by atoms with Crippen molar-refractivity contribution in [3.05, 3.63) is 72.1 Å². The van der Waals surface area contributed by atoms with Crippen LogP contribution in [0.1, 0.15) is 50.1 Å². The summed E-state index contributed by atoms with van der Waals surface area (Å²) in [5.74, 6) is 2.46. The van der Waals surface area contributed by atoms with Crippen LogP contribution >= 0.6 is 0 Å².